The van der Waals surface area contributed by atoms with Gasteiger partial charge in [0.25, 0.3) is 5.56 Å². The highest BCUT2D eigenvalue weighted by Crippen LogP contribution is 2.15. The summed E-state index contributed by atoms with van der Waals surface area (Å²) in [7, 11) is 0. The second kappa shape index (κ2) is 8.62. The van der Waals surface area contributed by atoms with Gasteiger partial charge in [0.1, 0.15) is 5.82 Å². The van der Waals surface area contributed by atoms with E-state index >= 15 is 0 Å². The Labute approximate surface area is 181 Å². The molecule has 0 atom stereocenters. The summed E-state index contributed by atoms with van der Waals surface area (Å²) in [6.07, 6.45) is 3.28. The standard InChI is InChI=1S/C22H20BrN5O2/c1-15-2-4-16(5-3-15)13-28-20(8-10-25-28)26-21(29)9-11-27-14-24-19-7-6-17(23)12-18(19)22(27)30/h2-8,10,12,14H,9,11,13H2,1H3,(H,26,29). The van der Waals surface area contributed by atoms with Crippen LogP contribution in [0.4, 0.5) is 5.82 Å². The monoisotopic (exact) mass is 465 g/mol. The average molecular weight is 466 g/mol. The number of nitrogens with zero attached hydrogens (tertiary/aromatic N) is 4. The molecule has 0 unspecified atom stereocenters. The number of benzene rings is 2. The third-order valence-corrected chi connectivity index (χ3v) is 5.30. The zero-order valence-electron chi connectivity index (χ0n) is 16.4. The quantitative estimate of drug-likeness (QED) is 0.470. The molecule has 0 saturated carbocycles. The molecule has 30 heavy (non-hydrogen) atoms. The van der Waals surface area contributed by atoms with Gasteiger partial charge in [-0.1, -0.05) is 45.8 Å². The first-order valence-electron chi connectivity index (χ1n) is 9.51. The minimum absolute atomic E-state index is 0.150. The summed E-state index contributed by atoms with van der Waals surface area (Å²) in [4.78, 5) is 29.4. The van der Waals surface area contributed by atoms with Crippen LogP contribution in [0.3, 0.4) is 0 Å². The lowest BCUT2D eigenvalue weighted by Crippen LogP contribution is -2.24. The van der Waals surface area contributed by atoms with Gasteiger partial charge in [0.05, 0.1) is 30.0 Å². The van der Waals surface area contributed by atoms with Crippen molar-refractivity contribution in [2.45, 2.75) is 26.4 Å². The fourth-order valence-electron chi connectivity index (χ4n) is 3.15. The Balaban J connectivity index is 1.42. The molecule has 152 valence electrons. The number of hydrogen-bond acceptors (Lipinski definition) is 4. The molecule has 0 saturated heterocycles. The van der Waals surface area contributed by atoms with E-state index in [1.54, 1.807) is 29.1 Å². The van der Waals surface area contributed by atoms with Crippen molar-refractivity contribution in [3.63, 3.8) is 0 Å². The normalized spacial score (nSPS) is 11.0. The first-order valence-corrected chi connectivity index (χ1v) is 10.3. The van der Waals surface area contributed by atoms with Crippen LogP contribution in [0, 0.1) is 6.92 Å². The molecule has 0 aliphatic carbocycles. The molecule has 8 heteroatoms. The van der Waals surface area contributed by atoms with Crippen molar-refractivity contribution in [2.75, 3.05) is 5.32 Å². The van der Waals surface area contributed by atoms with Gasteiger partial charge < -0.3 is 5.32 Å². The highest BCUT2D eigenvalue weighted by molar-refractivity contribution is 9.10. The number of aromatic nitrogens is 4. The van der Waals surface area contributed by atoms with Gasteiger partial charge in [0.15, 0.2) is 0 Å². The summed E-state index contributed by atoms with van der Waals surface area (Å²) in [5.41, 5.74) is 2.75. The van der Waals surface area contributed by atoms with Gasteiger partial charge in [-0.2, -0.15) is 5.10 Å². The largest absolute Gasteiger partial charge is 0.311 e. The van der Waals surface area contributed by atoms with Crippen LogP contribution in [0.25, 0.3) is 10.9 Å². The van der Waals surface area contributed by atoms with Crippen LogP contribution < -0.4 is 10.9 Å². The van der Waals surface area contributed by atoms with Crippen molar-refractivity contribution in [3.8, 4) is 0 Å². The van der Waals surface area contributed by atoms with E-state index in [2.05, 4.69) is 31.3 Å². The molecular weight excluding hydrogens is 446 g/mol. The van der Waals surface area contributed by atoms with Crippen LogP contribution in [0.2, 0.25) is 0 Å². The SMILES string of the molecule is Cc1ccc(Cn2nccc2NC(=O)CCn2cnc3ccc(Br)cc3c2=O)cc1. The molecule has 2 aromatic heterocycles. The molecule has 2 heterocycles. The molecule has 2 aromatic carbocycles. The van der Waals surface area contributed by atoms with Crippen LogP contribution in [-0.2, 0) is 17.9 Å². The van der Waals surface area contributed by atoms with E-state index < -0.39 is 0 Å². The van der Waals surface area contributed by atoms with Crippen molar-refractivity contribution in [1.82, 2.24) is 19.3 Å². The van der Waals surface area contributed by atoms with E-state index in [-0.39, 0.29) is 24.4 Å². The molecule has 4 rings (SSSR count). The number of fused-ring (bicyclic) bond motifs is 1. The molecule has 0 fully saturated rings. The maximum Gasteiger partial charge on any atom is 0.261 e. The second-order valence-electron chi connectivity index (χ2n) is 7.06. The number of nitrogens with one attached hydrogen (secondary N) is 1. The lowest BCUT2D eigenvalue weighted by Gasteiger charge is -2.10. The van der Waals surface area contributed by atoms with Crippen LogP contribution in [0.5, 0.6) is 0 Å². The summed E-state index contributed by atoms with van der Waals surface area (Å²) >= 11 is 3.37. The number of hydrogen-bond donors (Lipinski definition) is 1. The Hall–Kier alpha value is -3.26. The summed E-state index contributed by atoms with van der Waals surface area (Å²) < 4.78 is 4.01. The van der Waals surface area contributed by atoms with E-state index in [1.165, 1.54) is 16.5 Å². The van der Waals surface area contributed by atoms with Gasteiger partial charge in [0.2, 0.25) is 5.91 Å². The van der Waals surface area contributed by atoms with E-state index in [9.17, 15) is 9.59 Å². The third kappa shape index (κ3) is 4.49. The van der Waals surface area contributed by atoms with Gasteiger partial charge >= 0.3 is 0 Å². The van der Waals surface area contributed by atoms with Gasteiger partial charge in [-0.3, -0.25) is 14.2 Å². The van der Waals surface area contributed by atoms with Gasteiger partial charge in [-0.05, 0) is 30.7 Å². The first-order chi connectivity index (χ1) is 14.5. The zero-order valence-corrected chi connectivity index (χ0v) is 18.0. The summed E-state index contributed by atoms with van der Waals surface area (Å²) in [6.45, 7) is 2.84. The highest BCUT2D eigenvalue weighted by atomic mass is 79.9. The molecule has 0 spiro atoms. The first kappa shape index (κ1) is 20.0. The van der Waals surface area contributed by atoms with Crippen LogP contribution >= 0.6 is 15.9 Å². The van der Waals surface area contributed by atoms with E-state index in [4.69, 9.17) is 0 Å². The average Bonchev–Trinajstić information content (AvgIpc) is 3.16. The molecule has 1 amide bonds. The number of carbonyl (C=O) groups excluding carboxylic acids is 1. The Kier molecular flexibility index (Phi) is 5.76. The number of amides is 1. The zero-order chi connectivity index (χ0) is 21.1. The fraction of sp³-hybridized carbons (Fsp3) is 0.182. The van der Waals surface area contributed by atoms with Crippen molar-refractivity contribution in [3.05, 3.63) is 87.0 Å². The number of aryl methyl sites for hydroxylation is 2. The Morgan fingerprint density at radius 3 is 2.73 bits per heavy atom. The third-order valence-electron chi connectivity index (χ3n) is 4.80. The minimum atomic E-state index is -0.193. The Morgan fingerprint density at radius 1 is 1.13 bits per heavy atom. The molecule has 1 N–H and O–H groups in total. The van der Waals surface area contributed by atoms with E-state index in [1.807, 2.05) is 37.3 Å². The van der Waals surface area contributed by atoms with Crippen molar-refractivity contribution in [2.24, 2.45) is 0 Å². The number of rotatable bonds is 6. The smallest absolute Gasteiger partial charge is 0.261 e. The topological polar surface area (TPSA) is 81.8 Å². The maximum absolute atomic E-state index is 12.6. The maximum atomic E-state index is 12.6. The van der Waals surface area contributed by atoms with Gasteiger partial charge in [0, 0.05) is 23.5 Å². The molecule has 0 bridgehead atoms. The molecule has 0 aliphatic rings. The fourth-order valence-corrected chi connectivity index (χ4v) is 3.51. The predicted octanol–water partition coefficient (Wildman–Crippen LogP) is 3.74. The molecule has 7 nitrogen and oxygen atoms in total. The summed E-state index contributed by atoms with van der Waals surface area (Å²) in [5.74, 6) is 0.426. The molecule has 0 aliphatic heterocycles. The number of halogens is 1. The highest BCUT2D eigenvalue weighted by Gasteiger charge is 2.10. The van der Waals surface area contributed by atoms with Gasteiger partial charge in [-0.25, -0.2) is 9.67 Å². The van der Waals surface area contributed by atoms with E-state index in [0.29, 0.717) is 23.3 Å². The second-order valence-corrected chi connectivity index (χ2v) is 7.98. The predicted molar refractivity (Wildman–Crippen MR) is 119 cm³/mol. The molecule has 0 radical (unpaired) electrons. The van der Waals surface area contributed by atoms with Crippen molar-refractivity contribution in [1.29, 1.82) is 0 Å². The number of carbonyl (C=O) groups is 1. The molecule has 4 aromatic rings. The summed E-state index contributed by atoms with van der Waals surface area (Å²) in [5, 5.41) is 7.69. The number of anilines is 1. The molecular formula is C22H20BrN5O2. The van der Waals surface area contributed by atoms with E-state index in [0.717, 1.165) is 10.0 Å². The van der Waals surface area contributed by atoms with Crippen molar-refractivity contribution < 1.29 is 4.79 Å². The van der Waals surface area contributed by atoms with Crippen LogP contribution in [-0.4, -0.2) is 25.2 Å². The lowest BCUT2D eigenvalue weighted by molar-refractivity contribution is -0.116. The Bertz CT molecular complexity index is 1260. The van der Waals surface area contributed by atoms with Crippen LogP contribution in [0.15, 0.2) is 70.3 Å². The summed E-state index contributed by atoms with van der Waals surface area (Å²) in [6, 6.07) is 15.3. The van der Waals surface area contributed by atoms with Crippen LogP contribution in [0.1, 0.15) is 17.5 Å². The lowest BCUT2D eigenvalue weighted by atomic mass is 10.1. The minimum Gasteiger partial charge on any atom is -0.311 e. The van der Waals surface area contributed by atoms with Gasteiger partial charge in [-0.15, -0.1) is 0 Å². The Morgan fingerprint density at radius 2 is 1.93 bits per heavy atom. The van der Waals surface area contributed by atoms with Crippen molar-refractivity contribution >= 4 is 38.6 Å².